The molecule has 0 saturated heterocycles. The Morgan fingerprint density at radius 2 is 1.94 bits per heavy atom. The lowest BCUT2D eigenvalue weighted by Gasteiger charge is -2.24. The Balaban J connectivity index is 2.99. The third kappa shape index (κ3) is 2.97. The highest BCUT2D eigenvalue weighted by atomic mass is 19.1. The zero-order valence-corrected chi connectivity index (χ0v) is 10.6. The molecule has 0 spiro atoms. The van der Waals surface area contributed by atoms with E-state index >= 15 is 0 Å². The maximum Gasteiger partial charge on any atom is 0.127 e. The Morgan fingerprint density at radius 1 is 1.25 bits per heavy atom. The van der Waals surface area contributed by atoms with Crippen molar-refractivity contribution < 1.29 is 9.13 Å². The summed E-state index contributed by atoms with van der Waals surface area (Å²) in [6.45, 7) is 8.90. The summed E-state index contributed by atoms with van der Waals surface area (Å²) in [4.78, 5) is 0. The quantitative estimate of drug-likeness (QED) is 0.724. The minimum absolute atomic E-state index is 0.143. The van der Waals surface area contributed by atoms with E-state index in [4.69, 9.17) is 4.74 Å². The summed E-state index contributed by atoms with van der Waals surface area (Å²) in [5.74, 6) is 0.621. The van der Waals surface area contributed by atoms with Crippen LogP contribution in [0.15, 0.2) is 18.2 Å². The van der Waals surface area contributed by atoms with Crippen LogP contribution in [0, 0.1) is 5.82 Å². The fourth-order valence-electron chi connectivity index (χ4n) is 1.52. The summed E-state index contributed by atoms with van der Waals surface area (Å²) in [7, 11) is 0. The SMILES string of the molecule is CCCOc1ccc(F)c(C(C)(C)CC)c1. The zero-order chi connectivity index (χ0) is 12.2. The third-order valence-corrected chi connectivity index (χ3v) is 3.02. The molecule has 0 aliphatic heterocycles. The Bertz CT molecular complexity index is 345. The average molecular weight is 224 g/mol. The maximum absolute atomic E-state index is 13.7. The van der Waals surface area contributed by atoms with Crippen LogP contribution in [-0.4, -0.2) is 6.61 Å². The number of rotatable bonds is 5. The first-order valence-electron chi connectivity index (χ1n) is 5.94. The smallest absolute Gasteiger partial charge is 0.127 e. The molecule has 0 aliphatic carbocycles. The van der Waals surface area contributed by atoms with Crippen LogP contribution in [0.2, 0.25) is 0 Å². The standard InChI is InChI=1S/C14H21FO/c1-5-9-16-11-7-8-13(15)12(10-11)14(3,4)6-2/h7-8,10H,5-6,9H2,1-4H3. The Morgan fingerprint density at radius 3 is 2.50 bits per heavy atom. The molecule has 1 rings (SSSR count). The van der Waals surface area contributed by atoms with Gasteiger partial charge in [-0.25, -0.2) is 4.39 Å². The summed E-state index contributed by atoms with van der Waals surface area (Å²) in [5.41, 5.74) is 0.596. The van der Waals surface area contributed by atoms with Crippen LogP contribution < -0.4 is 4.74 Å². The van der Waals surface area contributed by atoms with Gasteiger partial charge in [-0.3, -0.25) is 0 Å². The van der Waals surface area contributed by atoms with E-state index in [1.165, 1.54) is 6.07 Å². The second-order valence-corrected chi connectivity index (χ2v) is 4.73. The molecule has 0 saturated carbocycles. The summed E-state index contributed by atoms with van der Waals surface area (Å²) in [6, 6.07) is 5.02. The van der Waals surface area contributed by atoms with Gasteiger partial charge in [0, 0.05) is 0 Å². The summed E-state index contributed by atoms with van der Waals surface area (Å²) < 4.78 is 19.2. The molecule has 0 N–H and O–H groups in total. The molecular weight excluding hydrogens is 203 g/mol. The van der Waals surface area contributed by atoms with Gasteiger partial charge in [-0.05, 0) is 42.0 Å². The molecule has 0 bridgehead atoms. The van der Waals surface area contributed by atoms with Gasteiger partial charge >= 0.3 is 0 Å². The van der Waals surface area contributed by atoms with Crippen molar-refractivity contribution in [2.75, 3.05) is 6.61 Å². The van der Waals surface area contributed by atoms with Crippen LogP contribution in [0.5, 0.6) is 5.75 Å². The van der Waals surface area contributed by atoms with Crippen LogP contribution in [0.25, 0.3) is 0 Å². The molecule has 0 unspecified atom stereocenters. The average Bonchev–Trinajstić information content (AvgIpc) is 2.27. The lowest BCUT2D eigenvalue weighted by molar-refractivity contribution is 0.315. The van der Waals surface area contributed by atoms with Crippen molar-refractivity contribution in [1.82, 2.24) is 0 Å². The van der Waals surface area contributed by atoms with E-state index in [1.54, 1.807) is 6.07 Å². The van der Waals surface area contributed by atoms with Gasteiger partial charge in [-0.1, -0.05) is 27.7 Å². The molecule has 0 amide bonds. The molecule has 0 aromatic heterocycles. The van der Waals surface area contributed by atoms with Crippen molar-refractivity contribution in [1.29, 1.82) is 0 Å². The fraction of sp³-hybridized carbons (Fsp3) is 0.571. The predicted molar refractivity (Wildman–Crippen MR) is 65.5 cm³/mol. The van der Waals surface area contributed by atoms with Crippen LogP contribution in [0.1, 0.15) is 46.1 Å². The summed E-state index contributed by atoms with van der Waals surface area (Å²) in [5, 5.41) is 0. The van der Waals surface area contributed by atoms with E-state index in [2.05, 4.69) is 27.7 Å². The normalized spacial score (nSPS) is 11.6. The van der Waals surface area contributed by atoms with Gasteiger partial charge in [0.25, 0.3) is 0 Å². The van der Waals surface area contributed by atoms with E-state index < -0.39 is 0 Å². The number of benzene rings is 1. The van der Waals surface area contributed by atoms with Crippen molar-refractivity contribution in [3.05, 3.63) is 29.6 Å². The Hall–Kier alpha value is -1.05. The minimum Gasteiger partial charge on any atom is -0.494 e. The molecule has 0 atom stereocenters. The largest absolute Gasteiger partial charge is 0.494 e. The lowest BCUT2D eigenvalue weighted by atomic mass is 9.82. The van der Waals surface area contributed by atoms with Gasteiger partial charge in [0.1, 0.15) is 11.6 Å². The molecule has 2 heteroatoms. The van der Waals surface area contributed by atoms with E-state index in [1.807, 2.05) is 6.07 Å². The first kappa shape index (κ1) is 13.0. The van der Waals surface area contributed by atoms with E-state index in [-0.39, 0.29) is 11.2 Å². The highest BCUT2D eigenvalue weighted by Crippen LogP contribution is 2.31. The maximum atomic E-state index is 13.7. The third-order valence-electron chi connectivity index (χ3n) is 3.02. The van der Waals surface area contributed by atoms with Crippen molar-refractivity contribution in [2.24, 2.45) is 0 Å². The monoisotopic (exact) mass is 224 g/mol. The van der Waals surface area contributed by atoms with Gasteiger partial charge in [-0.15, -0.1) is 0 Å². The topological polar surface area (TPSA) is 9.23 Å². The molecule has 1 aromatic carbocycles. The Labute approximate surface area is 97.6 Å². The van der Waals surface area contributed by atoms with Crippen molar-refractivity contribution in [3.8, 4) is 5.75 Å². The molecule has 1 aromatic rings. The molecule has 0 aliphatic rings. The minimum atomic E-state index is -0.143. The van der Waals surface area contributed by atoms with Crippen LogP contribution in [0.3, 0.4) is 0 Å². The first-order chi connectivity index (χ1) is 7.51. The molecule has 16 heavy (non-hydrogen) atoms. The van der Waals surface area contributed by atoms with Crippen molar-refractivity contribution in [2.45, 2.75) is 46.0 Å². The first-order valence-corrected chi connectivity index (χ1v) is 5.94. The highest BCUT2D eigenvalue weighted by molar-refractivity contribution is 5.34. The van der Waals surface area contributed by atoms with Gasteiger partial charge in [0.15, 0.2) is 0 Å². The van der Waals surface area contributed by atoms with Crippen LogP contribution in [-0.2, 0) is 5.41 Å². The lowest BCUT2D eigenvalue weighted by Crippen LogP contribution is -2.17. The van der Waals surface area contributed by atoms with E-state index in [9.17, 15) is 4.39 Å². The summed E-state index contributed by atoms with van der Waals surface area (Å²) in [6.07, 6.45) is 1.87. The van der Waals surface area contributed by atoms with Crippen molar-refractivity contribution in [3.63, 3.8) is 0 Å². The molecule has 0 fully saturated rings. The second kappa shape index (κ2) is 5.33. The van der Waals surface area contributed by atoms with Gasteiger partial charge in [-0.2, -0.15) is 0 Å². The van der Waals surface area contributed by atoms with Crippen LogP contribution in [0.4, 0.5) is 4.39 Å². The zero-order valence-electron chi connectivity index (χ0n) is 10.6. The predicted octanol–water partition coefficient (Wildman–Crippen LogP) is 4.30. The second-order valence-electron chi connectivity index (χ2n) is 4.73. The molecule has 0 radical (unpaired) electrons. The van der Waals surface area contributed by atoms with Gasteiger partial charge < -0.3 is 4.74 Å². The highest BCUT2D eigenvalue weighted by Gasteiger charge is 2.22. The number of hydrogen-bond donors (Lipinski definition) is 0. The fourth-order valence-corrected chi connectivity index (χ4v) is 1.52. The molecule has 90 valence electrons. The molecule has 0 heterocycles. The Kier molecular flexibility index (Phi) is 4.34. The van der Waals surface area contributed by atoms with E-state index in [0.717, 1.165) is 24.2 Å². The van der Waals surface area contributed by atoms with Crippen molar-refractivity contribution >= 4 is 0 Å². The number of ether oxygens (including phenoxy) is 1. The van der Waals surface area contributed by atoms with Gasteiger partial charge in [0.05, 0.1) is 6.61 Å². The van der Waals surface area contributed by atoms with E-state index in [0.29, 0.717) is 6.61 Å². The molecular formula is C14H21FO. The number of halogens is 1. The number of hydrogen-bond acceptors (Lipinski definition) is 1. The van der Waals surface area contributed by atoms with Gasteiger partial charge in [0.2, 0.25) is 0 Å². The molecule has 1 nitrogen and oxygen atoms in total. The summed E-state index contributed by atoms with van der Waals surface area (Å²) >= 11 is 0. The van der Waals surface area contributed by atoms with Crippen LogP contribution >= 0.6 is 0 Å².